The molecule has 0 bridgehead atoms. The molecule has 1 aliphatic rings. The van der Waals surface area contributed by atoms with E-state index in [0.29, 0.717) is 30.3 Å². The fourth-order valence-electron chi connectivity index (χ4n) is 2.84. The molecule has 0 fully saturated rings. The van der Waals surface area contributed by atoms with Gasteiger partial charge in [-0.25, -0.2) is 4.39 Å². The van der Waals surface area contributed by atoms with Crippen molar-refractivity contribution in [2.75, 3.05) is 6.54 Å². The molecule has 2 N–H and O–H groups in total. The first-order valence-electron chi connectivity index (χ1n) is 7.16. The van der Waals surface area contributed by atoms with Crippen LogP contribution in [-0.4, -0.2) is 21.4 Å². The lowest BCUT2D eigenvalue weighted by Crippen LogP contribution is -2.35. The summed E-state index contributed by atoms with van der Waals surface area (Å²) < 4.78 is 52.6. The van der Waals surface area contributed by atoms with Gasteiger partial charge >= 0.3 is 6.18 Å². The van der Waals surface area contributed by atoms with Crippen molar-refractivity contribution in [2.45, 2.75) is 25.7 Å². The van der Waals surface area contributed by atoms with Gasteiger partial charge in [-0.1, -0.05) is 6.07 Å². The molecule has 0 spiro atoms. The smallest absolute Gasteiger partial charge is 0.335 e. The van der Waals surface area contributed by atoms with Gasteiger partial charge in [-0.05, 0) is 29.9 Å². The normalized spacial score (nSPS) is 15.3. The molecule has 0 aliphatic carbocycles. The average Bonchev–Trinajstić information content (AvgIpc) is 2.48. The number of aromatic nitrogens is 2. The van der Waals surface area contributed by atoms with Crippen LogP contribution in [0.3, 0.4) is 0 Å². The maximum atomic E-state index is 13.2. The molecule has 0 saturated heterocycles. The highest BCUT2D eigenvalue weighted by molar-refractivity contribution is 7.71. The Morgan fingerprint density at radius 3 is 2.71 bits per heavy atom. The summed E-state index contributed by atoms with van der Waals surface area (Å²) in [6.45, 7) is 0.644. The van der Waals surface area contributed by atoms with E-state index in [4.69, 9.17) is 12.2 Å². The number of H-pyrrole nitrogens is 2. The van der Waals surface area contributed by atoms with Gasteiger partial charge in [-0.2, -0.15) is 13.2 Å². The number of benzene rings is 1. The van der Waals surface area contributed by atoms with Gasteiger partial charge in [0.1, 0.15) is 5.82 Å². The second-order valence-electron chi connectivity index (χ2n) is 5.63. The number of alkyl halides is 3. The Kier molecular flexibility index (Phi) is 4.31. The molecule has 2 aromatic rings. The lowest BCUT2D eigenvalue weighted by Gasteiger charge is -2.28. The molecule has 1 aliphatic heterocycles. The number of hydrogen-bond donors (Lipinski definition) is 2. The van der Waals surface area contributed by atoms with Crippen LogP contribution in [0.15, 0.2) is 23.0 Å². The number of halogens is 4. The summed E-state index contributed by atoms with van der Waals surface area (Å²) in [6, 6.07) is 2.64. The molecule has 3 rings (SSSR count). The topological polar surface area (TPSA) is 51.9 Å². The van der Waals surface area contributed by atoms with Gasteiger partial charge in [0.2, 0.25) is 0 Å². The monoisotopic (exact) mass is 359 g/mol. The number of nitrogens with zero attached hydrogens (tertiary/aromatic N) is 1. The van der Waals surface area contributed by atoms with E-state index in [2.05, 4.69) is 9.97 Å². The lowest BCUT2D eigenvalue weighted by molar-refractivity contribution is -0.138. The Balaban J connectivity index is 1.89. The van der Waals surface area contributed by atoms with Crippen molar-refractivity contribution in [1.29, 1.82) is 0 Å². The van der Waals surface area contributed by atoms with Crippen molar-refractivity contribution in [1.82, 2.24) is 14.9 Å². The minimum atomic E-state index is -4.63. The van der Waals surface area contributed by atoms with Crippen LogP contribution >= 0.6 is 12.2 Å². The van der Waals surface area contributed by atoms with E-state index in [9.17, 15) is 22.4 Å². The Labute approximate surface area is 139 Å². The minimum absolute atomic E-state index is 0.0207. The lowest BCUT2D eigenvalue weighted by atomic mass is 10.0. The molecule has 4 nitrogen and oxygen atoms in total. The van der Waals surface area contributed by atoms with E-state index in [0.717, 1.165) is 12.1 Å². The first-order valence-corrected chi connectivity index (χ1v) is 7.57. The van der Waals surface area contributed by atoms with Crippen LogP contribution in [0, 0.1) is 10.6 Å². The van der Waals surface area contributed by atoms with Gasteiger partial charge in [-0.15, -0.1) is 0 Å². The van der Waals surface area contributed by atoms with Crippen molar-refractivity contribution in [3.8, 4) is 0 Å². The SMILES string of the molecule is O=c1[nH]c(=S)[nH]c2c1CN(Cc1ccc(F)cc1C(F)(F)F)CC2. The van der Waals surface area contributed by atoms with Crippen molar-refractivity contribution in [2.24, 2.45) is 0 Å². The maximum absolute atomic E-state index is 13.2. The highest BCUT2D eigenvalue weighted by atomic mass is 32.1. The summed E-state index contributed by atoms with van der Waals surface area (Å²) in [5.74, 6) is -0.931. The zero-order chi connectivity index (χ0) is 17.5. The average molecular weight is 359 g/mol. The van der Waals surface area contributed by atoms with Gasteiger partial charge in [0.05, 0.1) is 11.1 Å². The van der Waals surface area contributed by atoms with Gasteiger partial charge in [0.25, 0.3) is 5.56 Å². The van der Waals surface area contributed by atoms with Gasteiger partial charge in [0, 0.05) is 31.7 Å². The zero-order valence-electron chi connectivity index (χ0n) is 12.3. The Morgan fingerprint density at radius 1 is 1.25 bits per heavy atom. The predicted molar refractivity (Wildman–Crippen MR) is 81.5 cm³/mol. The van der Waals surface area contributed by atoms with E-state index in [1.165, 1.54) is 0 Å². The molecule has 0 radical (unpaired) electrons. The predicted octanol–water partition coefficient (Wildman–Crippen LogP) is 3.15. The molecule has 9 heteroatoms. The number of hydrogen-bond acceptors (Lipinski definition) is 3. The second kappa shape index (κ2) is 6.14. The second-order valence-corrected chi connectivity index (χ2v) is 6.03. The largest absolute Gasteiger partial charge is 0.416 e. The van der Waals surface area contributed by atoms with Crippen molar-refractivity contribution >= 4 is 12.2 Å². The molecule has 0 unspecified atom stereocenters. The molecular formula is C15H13F4N3OS. The van der Waals surface area contributed by atoms with Crippen LogP contribution < -0.4 is 5.56 Å². The number of fused-ring (bicyclic) bond motifs is 1. The van der Waals surface area contributed by atoms with Crippen molar-refractivity contribution in [3.05, 3.63) is 61.5 Å². The van der Waals surface area contributed by atoms with Gasteiger partial charge < -0.3 is 4.98 Å². The summed E-state index contributed by atoms with van der Waals surface area (Å²) in [6.07, 6.45) is -4.15. The van der Waals surface area contributed by atoms with Gasteiger partial charge in [-0.3, -0.25) is 14.7 Å². The molecule has 0 atom stereocenters. The van der Waals surface area contributed by atoms with Crippen molar-refractivity contribution < 1.29 is 17.6 Å². The Bertz CT molecular complexity index is 888. The summed E-state index contributed by atoms with van der Waals surface area (Å²) >= 11 is 4.90. The molecule has 128 valence electrons. The van der Waals surface area contributed by atoms with Crippen LogP contribution in [0.4, 0.5) is 17.6 Å². The molecule has 2 heterocycles. The van der Waals surface area contributed by atoms with E-state index < -0.39 is 17.6 Å². The van der Waals surface area contributed by atoms with E-state index in [-0.39, 0.29) is 29.0 Å². The first-order chi connectivity index (χ1) is 11.2. The molecule has 0 amide bonds. The van der Waals surface area contributed by atoms with E-state index >= 15 is 0 Å². The van der Waals surface area contributed by atoms with E-state index in [1.807, 2.05) is 0 Å². The van der Waals surface area contributed by atoms with Crippen LogP contribution in [0.5, 0.6) is 0 Å². The summed E-state index contributed by atoms with van der Waals surface area (Å²) in [5.41, 5.74) is -0.184. The highest BCUT2D eigenvalue weighted by Crippen LogP contribution is 2.33. The quantitative estimate of drug-likeness (QED) is 0.640. The number of aromatic amines is 2. The third-order valence-electron chi connectivity index (χ3n) is 3.96. The molecular weight excluding hydrogens is 346 g/mol. The molecule has 1 aromatic carbocycles. The Morgan fingerprint density at radius 2 is 2.00 bits per heavy atom. The van der Waals surface area contributed by atoms with Crippen LogP contribution in [0.2, 0.25) is 0 Å². The fourth-order valence-corrected chi connectivity index (χ4v) is 3.05. The first kappa shape index (κ1) is 16.8. The molecule has 1 aromatic heterocycles. The highest BCUT2D eigenvalue weighted by Gasteiger charge is 2.34. The van der Waals surface area contributed by atoms with E-state index in [1.54, 1.807) is 4.90 Å². The number of rotatable bonds is 2. The third kappa shape index (κ3) is 3.41. The Hall–Kier alpha value is -2.00. The van der Waals surface area contributed by atoms with Crippen LogP contribution in [-0.2, 0) is 25.7 Å². The summed E-state index contributed by atoms with van der Waals surface area (Å²) in [4.78, 5) is 19.0. The van der Waals surface area contributed by atoms with Crippen molar-refractivity contribution in [3.63, 3.8) is 0 Å². The minimum Gasteiger partial charge on any atom is -0.335 e. The summed E-state index contributed by atoms with van der Waals surface area (Å²) in [5, 5.41) is 0. The maximum Gasteiger partial charge on any atom is 0.416 e. The number of nitrogens with one attached hydrogen (secondary N) is 2. The van der Waals surface area contributed by atoms with Crippen LogP contribution in [0.25, 0.3) is 0 Å². The standard InChI is InChI=1S/C15H13F4N3OS/c16-9-2-1-8(11(5-9)15(17,18)19)6-22-4-3-12-10(7-22)13(23)21-14(24)20-12/h1-2,5H,3-4,6-7H2,(H2,20,21,23,24). The fraction of sp³-hybridized carbons (Fsp3) is 0.333. The summed E-state index contributed by atoms with van der Waals surface area (Å²) in [7, 11) is 0. The third-order valence-corrected chi connectivity index (χ3v) is 4.16. The van der Waals surface area contributed by atoms with Gasteiger partial charge in [0.15, 0.2) is 4.77 Å². The molecule has 0 saturated carbocycles. The zero-order valence-corrected chi connectivity index (χ0v) is 13.2. The molecule has 24 heavy (non-hydrogen) atoms. The van der Waals surface area contributed by atoms with Crippen LogP contribution in [0.1, 0.15) is 22.4 Å².